The zero-order chi connectivity index (χ0) is 14.4. The van der Waals surface area contributed by atoms with Crippen molar-refractivity contribution in [3.8, 4) is 0 Å². The van der Waals surface area contributed by atoms with E-state index in [1.807, 2.05) is 0 Å². The Morgan fingerprint density at radius 3 is 2.35 bits per heavy atom. The summed E-state index contributed by atoms with van der Waals surface area (Å²) >= 11 is 12.8. The Hall–Kier alpha value is -0.910. The molecule has 1 saturated carbocycles. The minimum atomic E-state index is -0.347. The number of ketones is 1. The fraction of sp³-hybridized carbons (Fsp3) is 0.462. The van der Waals surface area contributed by atoms with E-state index in [1.165, 1.54) is 6.07 Å². The molecule has 1 aromatic rings. The Bertz CT molecular complexity index is 591. The first-order valence-corrected chi connectivity index (χ1v) is 7.89. The molecule has 2 fully saturated rings. The highest BCUT2D eigenvalue weighted by molar-refractivity contribution is 7.20. The Morgan fingerprint density at radius 2 is 1.85 bits per heavy atom. The SMILES string of the molecule is O=C(CN1C(=O)C2CCCC2C1=O)c1cc(Cl)sc1Cl. The van der Waals surface area contributed by atoms with Crippen LogP contribution in [0.15, 0.2) is 6.07 Å². The van der Waals surface area contributed by atoms with Crippen LogP contribution in [-0.4, -0.2) is 29.0 Å². The number of hydrogen-bond acceptors (Lipinski definition) is 4. The van der Waals surface area contributed by atoms with Crippen molar-refractivity contribution >= 4 is 52.1 Å². The molecule has 20 heavy (non-hydrogen) atoms. The van der Waals surface area contributed by atoms with E-state index in [0.717, 1.165) is 35.5 Å². The van der Waals surface area contributed by atoms with Gasteiger partial charge in [0.25, 0.3) is 0 Å². The molecule has 106 valence electrons. The number of carbonyl (C=O) groups is 3. The molecule has 2 aliphatic rings. The number of likely N-dealkylation sites (tertiary alicyclic amines) is 1. The van der Waals surface area contributed by atoms with Gasteiger partial charge in [-0.2, -0.15) is 0 Å². The van der Waals surface area contributed by atoms with Crippen molar-refractivity contribution in [2.24, 2.45) is 11.8 Å². The average molecular weight is 332 g/mol. The summed E-state index contributed by atoms with van der Waals surface area (Å²) in [6.07, 6.45) is 2.39. The van der Waals surface area contributed by atoms with E-state index in [2.05, 4.69) is 0 Å². The van der Waals surface area contributed by atoms with E-state index in [4.69, 9.17) is 23.2 Å². The third kappa shape index (κ3) is 2.18. The summed E-state index contributed by atoms with van der Waals surface area (Å²) in [6, 6.07) is 1.47. The van der Waals surface area contributed by atoms with Crippen molar-refractivity contribution in [1.29, 1.82) is 0 Å². The molecular formula is C13H11Cl2NO3S. The highest BCUT2D eigenvalue weighted by Gasteiger charge is 2.50. The minimum Gasteiger partial charge on any atom is -0.292 e. The molecule has 2 unspecified atom stereocenters. The molecule has 2 atom stereocenters. The summed E-state index contributed by atoms with van der Waals surface area (Å²) in [4.78, 5) is 37.5. The summed E-state index contributed by atoms with van der Waals surface area (Å²) in [7, 11) is 0. The second-order valence-corrected chi connectivity index (χ2v) is 7.35. The molecule has 0 aromatic carbocycles. The number of carbonyl (C=O) groups excluding carboxylic acids is 3. The average Bonchev–Trinajstić information content (AvgIpc) is 3.04. The van der Waals surface area contributed by atoms with Crippen LogP contribution in [0.2, 0.25) is 8.67 Å². The topological polar surface area (TPSA) is 54.5 Å². The molecule has 1 aromatic heterocycles. The van der Waals surface area contributed by atoms with Gasteiger partial charge in [-0.15, -0.1) is 11.3 Å². The van der Waals surface area contributed by atoms with Crippen molar-refractivity contribution in [2.45, 2.75) is 19.3 Å². The normalized spacial score (nSPS) is 25.4. The number of fused-ring (bicyclic) bond motifs is 1. The summed E-state index contributed by atoms with van der Waals surface area (Å²) < 4.78 is 0.702. The van der Waals surface area contributed by atoms with Crippen LogP contribution in [0, 0.1) is 11.8 Å². The van der Waals surface area contributed by atoms with Crippen LogP contribution in [0.4, 0.5) is 0 Å². The van der Waals surface area contributed by atoms with E-state index < -0.39 is 0 Å². The van der Waals surface area contributed by atoms with E-state index >= 15 is 0 Å². The predicted molar refractivity (Wildman–Crippen MR) is 76.2 cm³/mol. The van der Waals surface area contributed by atoms with Crippen LogP contribution in [0.25, 0.3) is 0 Å². The van der Waals surface area contributed by atoms with Crippen molar-refractivity contribution in [2.75, 3.05) is 6.54 Å². The Morgan fingerprint density at radius 1 is 1.25 bits per heavy atom. The van der Waals surface area contributed by atoms with Gasteiger partial charge in [0.1, 0.15) is 4.34 Å². The predicted octanol–water partition coefficient (Wildman–Crippen LogP) is 3.02. The molecule has 4 nitrogen and oxygen atoms in total. The van der Waals surface area contributed by atoms with Crippen molar-refractivity contribution in [1.82, 2.24) is 4.90 Å². The van der Waals surface area contributed by atoms with Crippen LogP contribution in [0.1, 0.15) is 29.6 Å². The Balaban J connectivity index is 1.78. The van der Waals surface area contributed by atoms with E-state index in [0.29, 0.717) is 8.67 Å². The van der Waals surface area contributed by atoms with Crippen LogP contribution in [0.3, 0.4) is 0 Å². The molecule has 0 radical (unpaired) electrons. The number of rotatable bonds is 3. The van der Waals surface area contributed by atoms with Crippen LogP contribution in [-0.2, 0) is 9.59 Å². The van der Waals surface area contributed by atoms with Gasteiger partial charge in [0.05, 0.1) is 28.3 Å². The molecule has 0 N–H and O–H groups in total. The Labute approximate surface area is 129 Å². The van der Waals surface area contributed by atoms with Gasteiger partial charge >= 0.3 is 0 Å². The lowest BCUT2D eigenvalue weighted by Gasteiger charge is -2.14. The molecular weight excluding hydrogens is 321 g/mol. The maximum absolute atomic E-state index is 12.2. The molecule has 0 bridgehead atoms. The summed E-state index contributed by atoms with van der Waals surface area (Å²) in [5.74, 6) is -1.24. The number of imide groups is 1. The first-order chi connectivity index (χ1) is 9.49. The molecule has 1 aliphatic carbocycles. The molecule has 0 spiro atoms. The summed E-state index contributed by atoms with van der Waals surface area (Å²) in [5, 5.41) is 0. The molecule has 2 amide bonds. The molecule has 1 saturated heterocycles. The number of thiophene rings is 1. The lowest BCUT2D eigenvalue weighted by atomic mass is 10.00. The standard InChI is InChI=1S/C13H11Cl2NO3S/c14-10-4-8(11(15)20-10)9(17)5-16-12(18)6-2-1-3-7(6)13(16)19/h4,6-7H,1-3,5H2. The molecule has 2 heterocycles. The van der Waals surface area contributed by atoms with E-state index in [9.17, 15) is 14.4 Å². The lowest BCUT2D eigenvalue weighted by molar-refractivity contribution is -0.139. The first-order valence-electron chi connectivity index (χ1n) is 6.32. The van der Waals surface area contributed by atoms with Crippen molar-refractivity contribution in [3.05, 3.63) is 20.3 Å². The van der Waals surface area contributed by atoms with Gasteiger partial charge < -0.3 is 0 Å². The fourth-order valence-electron chi connectivity index (χ4n) is 2.98. The monoisotopic (exact) mass is 331 g/mol. The first kappa shape index (κ1) is 14.0. The minimum absolute atomic E-state index is 0.219. The maximum Gasteiger partial charge on any atom is 0.233 e. The van der Waals surface area contributed by atoms with E-state index in [-0.39, 0.29) is 41.5 Å². The highest BCUT2D eigenvalue weighted by atomic mass is 35.5. The molecule has 3 rings (SSSR count). The summed E-state index contributed by atoms with van der Waals surface area (Å²) in [5.41, 5.74) is 0.277. The second-order valence-electron chi connectivity index (χ2n) is 5.07. The maximum atomic E-state index is 12.2. The van der Waals surface area contributed by atoms with Gasteiger partial charge in [0.2, 0.25) is 11.8 Å². The number of nitrogens with zero attached hydrogens (tertiary/aromatic N) is 1. The number of hydrogen-bond donors (Lipinski definition) is 0. The van der Waals surface area contributed by atoms with Crippen LogP contribution >= 0.6 is 34.5 Å². The van der Waals surface area contributed by atoms with Crippen molar-refractivity contribution < 1.29 is 14.4 Å². The number of Topliss-reactive ketones (excluding diaryl/α,β-unsaturated/α-hetero) is 1. The van der Waals surface area contributed by atoms with Gasteiger partial charge in [0, 0.05) is 0 Å². The zero-order valence-corrected chi connectivity index (χ0v) is 12.7. The highest BCUT2D eigenvalue weighted by Crippen LogP contribution is 2.40. The largest absolute Gasteiger partial charge is 0.292 e. The number of amides is 2. The van der Waals surface area contributed by atoms with Gasteiger partial charge in [-0.25, -0.2) is 0 Å². The van der Waals surface area contributed by atoms with Gasteiger partial charge in [-0.1, -0.05) is 29.6 Å². The Kier molecular flexibility index (Phi) is 3.60. The smallest absolute Gasteiger partial charge is 0.233 e. The van der Waals surface area contributed by atoms with Crippen LogP contribution < -0.4 is 0 Å². The van der Waals surface area contributed by atoms with Crippen molar-refractivity contribution in [3.63, 3.8) is 0 Å². The summed E-state index contributed by atoms with van der Waals surface area (Å²) in [6.45, 7) is -0.239. The third-order valence-electron chi connectivity index (χ3n) is 3.94. The quantitative estimate of drug-likeness (QED) is 0.631. The zero-order valence-electron chi connectivity index (χ0n) is 10.4. The van der Waals surface area contributed by atoms with Gasteiger partial charge in [0.15, 0.2) is 5.78 Å². The van der Waals surface area contributed by atoms with Crippen LogP contribution in [0.5, 0.6) is 0 Å². The van der Waals surface area contributed by atoms with E-state index in [1.54, 1.807) is 0 Å². The van der Waals surface area contributed by atoms with Gasteiger partial charge in [-0.05, 0) is 18.9 Å². The molecule has 1 aliphatic heterocycles. The third-order valence-corrected chi connectivity index (χ3v) is 5.43. The molecule has 7 heteroatoms. The second kappa shape index (κ2) is 5.13. The fourth-order valence-corrected chi connectivity index (χ4v) is 4.47. The van der Waals surface area contributed by atoms with Gasteiger partial charge in [-0.3, -0.25) is 19.3 Å². The number of halogens is 2. The lowest BCUT2D eigenvalue weighted by Crippen LogP contribution is -2.36.